The number of methoxy groups -OCH3 is 1. The maximum atomic E-state index is 5.96. The van der Waals surface area contributed by atoms with Gasteiger partial charge in [0, 0.05) is 39.0 Å². The molecule has 0 spiro atoms. The number of benzene rings is 1. The molecule has 1 aromatic rings. The lowest BCUT2D eigenvalue weighted by molar-refractivity contribution is 0.195. The van der Waals surface area contributed by atoms with Crippen molar-refractivity contribution < 1.29 is 4.74 Å². The minimum Gasteiger partial charge on any atom is -0.385 e. The van der Waals surface area contributed by atoms with Gasteiger partial charge in [-0.15, -0.1) is 0 Å². The summed E-state index contributed by atoms with van der Waals surface area (Å²) in [4.78, 5) is 2.51. The number of aryl methyl sites for hydroxylation is 1. The lowest BCUT2D eigenvalue weighted by Gasteiger charge is -2.41. The zero-order valence-corrected chi connectivity index (χ0v) is 14.0. The highest BCUT2D eigenvalue weighted by Gasteiger charge is 2.31. The molecule has 0 aliphatic carbocycles. The zero-order chi connectivity index (χ0) is 15.5. The van der Waals surface area contributed by atoms with Crippen LogP contribution in [0, 0.1) is 0 Å². The Labute approximate surface area is 129 Å². The number of anilines is 1. The third-order valence-corrected chi connectivity index (χ3v) is 4.77. The molecule has 0 radical (unpaired) electrons. The van der Waals surface area contributed by atoms with Crippen LogP contribution >= 0.6 is 0 Å². The van der Waals surface area contributed by atoms with Crippen molar-refractivity contribution in [2.45, 2.75) is 52.0 Å². The SMILES string of the molecule is CCc1cc2c(cc1CN)N(CCCOC)CCC2(C)C. The van der Waals surface area contributed by atoms with Crippen molar-refractivity contribution in [1.82, 2.24) is 0 Å². The van der Waals surface area contributed by atoms with Gasteiger partial charge in [0.25, 0.3) is 0 Å². The lowest BCUT2D eigenvalue weighted by Crippen LogP contribution is -2.38. The quantitative estimate of drug-likeness (QED) is 0.818. The van der Waals surface area contributed by atoms with Gasteiger partial charge in [-0.2, -0.15) is 0 Å². The molecule has 118 valence electrons. The van der Waals surface area contributed by atoms with E-state index in [-0.39, 0.29) is 5.41 Å². The summed E-state index contributed by atoms with van der Waals surface area (Å²) in [5.74, 6) is 0. The molecule has 0 saturated carbocycles. The molecule has 3 nitrogen and oxygen atoms in total. The molecule has 0 fully saturated rings. The Balaban J connectivity index is 2.38. The van der Waals surface area contributed by atoms with Gasteiger partial charge in [-0.25, -0.2) is 0 Å². The number of nitrogens with two attached hydrogens (primary N) is 1. The molecule has 1 heterocycles. The zero-order valence-electron chi connectivity index (χ0n) is 14.0. The van der Waals surface area contributed by atoms with Crippen LogP contribution in [0.1, 0.15) is 50.3 Å². The van der Waals surface area contributed by atoms with E-state index in [1.807, 2.05) is 0 Å². The van der Waals surface area contributed by atoms with Crippen LogP contribution in [0.25, 0.3) is 0 Å². The van der Waals surface area contributed by atoms with Crippen LogP contribution in [-0.4, -0.2) is 26.8 Å². The van der Waals surface area contributed by atoms with Crippen molar-refractivity contribution in [2.75, 3.05) is 31.7 Å². The average Bonchev–Trinajstić information content (AvgIpc) is 2.48. The summed E-state index contributed by atoms with van der Waals surface area (Å²) in [6.07, 6.45) is 3.33. The highest BCUT2D eigenvalue weighted by atomic mass is 16.5. The summed E-state index contributed by atoms with van der Waals surface area (Å²) in [6, 6.07) is 4.74. The van der Waals surface area contributed by atoms with Crippen LogP contribution < -0.4 is 10.6 Å². The fourth-order valence-corrected chi connectivity index (χ4v) is 3.30. The lowest BCUT2D eigenvalue weighted by atomic mass is 9.76. The first-order chi connectivity index (χ1) is 10.0. The summed E-state index contributed by atoms with van der Waals surface area (Å²) in [7, 11) is 1.77. The van der Waals surface area contributed by atoms with Gasteiger partial charge in [-0.05, 0) is 47.4 Å². The Kier molecular flexibility index (Phi) is 5.28. The van der Waals surface area contributed by atoms with Crippen molar-refractivity contribution in [2.24, 2.45) is 5.73 Å². The van der Waals surface area contributed by atoms with E-state index >= 15 is 0 Å². The molecule has 21 heavy (non-hydrogen) atoms. The van der Waals surface area contributed by atoms with Crippen molar-refractivity contribution in [1.29, 1.82) is 0 Å². The minimum absolute atomic E-state index is 0.254. The van der Waals surface area contributed by atoms with Crippen molar-refractivity contribution >= 4 is 5.69 Å². The van der Waals surface area contributed by atoms with E-state index in [9.17, 15) is 0 Å². The van der Waals surface area contributed by atoms with E-state index in [0.717, 1.165) is 32.5 Å². The third kappa shape index (κ3) is 3.41. The number of rotatable bonds is 6. The largest absolute Gasteiger partial charge is 0.385 e. The van der Waals surface area contributed by atoms with E-state index in [4.69, 9.17) is 10.5 Å². The van der Waals surface area contributed by atoms with Gasteiger partial charge in [0.2, 0.25) is 0 Å². The second-order valence-corrected chi connectivity index (χ2v) is 6.66. The van der Waals surface area contributed by atoms with E-state index in [1.165, 1.54) is 28.8 Å². The van der Waals surface area contributed by atoms with Crippen molar-refractivity contribution in [3.63, 3.8) is 0 Å². The Morgan fingerprint density at radius 3 is 2.67 bits per heavy atom. The molecular formula is C18H30N2O. The van der Waals surface area contributed by atoms with Crippen LogP contribution in [0.5, 0.6) is 0 Å². The molecule has 0 unspecified atom stereocenters. The summed E-state index contributed by atoms with van der Waals surface area (Å²) in [6.45, 7) is 10.6. The van der Waals surface area contributed by atoms with Gasteiger partial charge in [0.1, 0.15) is 0 Å². The number of fused-ring (bicyclic) bond motifs is 1. The first kappa shape index (κ1) is 16.3. The van der Waals surface area contributed by atoms with E-state index < -0.39 is 0 Å². The van der Waals surface area contributed by atoms with Crippen molar-refractivity contribution in [3.05, 3.63) is 28.8 Å². The summed E-state index contributed by atoms with van der Waals surface area (Å²) in [5, 5.41) is 0. The Morgan fingerprint density at radius 1 is 1.29 bits per heavy atom. The molecule has 0 amide bonds. The monoisotopic (exact) mass is 290 g/mol. The van der Waals surface area contributed by atoms with E-state index in [2.05, 4.69) is 37.8 Å². The highest BCUT2D eigenvalue weighted by Crippen LogP contribution is 2.41. The maximum absolute atomic E-state index is 5.96. The molecule has 3 heteroatoms. The minimum atomic E-state index is 0.254. The van der Waals surface area contributed by atoms with E-state index in [0.29, 0.717) is 6.54 Å². The Hall–Kier alpha value is -1.06. The van der Waals surface area contributed by atoms with Crippen molar-refractivity contribution in [3.8, 4) is 0 Å². The fraction of sp³-hybridized carbons (Fsp3) is 0.667. The molecule has 0 atom stereocenters. The highest BCUT2D eigenvalue weighted by molar-refractivity contribution is 5.62. The summed E-state index contributed by atoms with van der Waals surface area (Å²) >= 11 is 0. The van der Waals surface area contributed by atoms with Crippen LogP contribution in [0.15, 0.2) is 12.1 Å². The molecule has 1 aromatic carbocycles. The average molecular weight is 290 g/mol. The topological polar surface area (TPSA) is 38.5 Å². The summed E-state index contributed by atoms with van der Waals surface area (Å²) in [5.41, 5.74) is 11.8. The Bertz CT molecular complexity index is 482. The predicted octanol–water partition coefficient (Wildman–Crippen LogP) is 3.23. The smallest absolute Gasteiger partial charge is 0.0479 e. The third-order valence-electron chi connectivity index (χ3n) is 4.77. The first-order valence-electron chi connectivity index (χ1n) is 8.13. The normalized spacial score (nSPS) is 16.9. The molecule has 1 aliphatic heterocycles. The van der Waals surface area contributed by atoms with Gasteiger partial charge in [-0.3, -0.25) is 0 Å². The molecule has 2 rings (SSSR count). The van der Waals surface area contributed by atoms with Crippen LogP contribution in [0.2, 0.25) is 0 Å². The van der Waals surface area contributed by atoms with Crippen LogP contribution in [0.4, 0.5) is 5.69 Å². The van der Waals surface area contributed by atoms with Gasteiger partial charge in [0.15, 0.2) is 0 Å². The molecule has 2 N–H and O–H groups in total. The van der Waals surface area contributed by atoms with Gasteiger partial charge >= 0.3 is 0 Å². The van der Waals surface area contributed by atoms with Gasteiger partial charge in [-0.1, -0.05) is 26.8 Å². The number of hydrogen-bond acceptors (Lipinski definition) is 3. The number of hydrogen-bond donors (Lipinski definition) is 1. The molecule has 0 aromatic heterocycles. The second kappa shape index (κ2) is 6.80. The first-order valence-corrected chi connectivity index (χ1v) is 8.13. The number of ether oxygens (including phenoxy) is 1. The molecular weight excluding hydrogens is 260 g/mol. The van der Waals surface area contributed by atoms with Gasteiger partial charge < -0.3 is 15.4 Å². The van der Waals surface area contributed by atoms with E-state index in [1.54, 1.807) is 7.11 Å². The van der Waals surface area contributed by atoms with Crippen LogP contribution in [0.3, 0.4) is 0 Å². The fourth-order valence-electron chi connectivity index (χ4n) is 3.30. The molecule has 1 aliphatic rings. The van der Waals surface area contributed by atoms with Gasteiger partial charge in [0.05, 0.1) is 0 Å². The Morgan fingerprint density at radius 2 is 2.05 bits per heavy atom. The molecule has 0 bridgehead atoms. The maximum Gasteiger partial charge on any atom is 0.0479 e. The summed E-state index contributed by atoms with van der Waals surface area (Å²) < 4.78 is 5.20. The second-order valence-electron chi connectivity index (χ2n) is 6.66. The molecule has 0 saturated heterocycles. The standard InChI is InChI=1S/C18H30N2O/c1-5-14-11-16-17(12-15(14)13-19)20(8-6-10-21-4)9-7-18(16,2)3/h11-12H,5-10,13,19H2,1-4H3. The van der Waals surface area contributed by atoms with Crippen LogP contribution in [-0.2, 0) is 23.1 Å². The predicted molar refractivity (Wildman–Crippen MR) is 90.1 cm³/mol. The number of nitrogens with zero attached hydrogens (tertiary/aromatic N) is 1.